The standard InChI is InChI=1S/C18H12ClN3O2S/c1-24-12-4-6-14-15(9-12)25-18(21-14)22-17(23)11-2-5-13-10(8-11)3-7-16(19)20-13/h2-9H,1H3,(H,21,22,23). The third-order valence-corrected chi connectivity index (χ3v) is 4.88. The van der Waals surface area contributed by atoms with Gasteiger partial charge in [0.2, 0.25) is 0 Å². The number of nitrogens with zero attached hydrogens (tertiary/aromatic N) is 2. The highest BCUT2D eigenvalue weighted by Crippen LogP contribution is 2.29. The molecule has 5 nitrogen and oxygen atoms in total. The van der Waals surface area contributed by atoms with Gasteiger partial charge in [0.1, 0.15) is 10.9 Å². The third-order valence-electron chi connectivity index (χ3n) is 3.73. The number of aromatic nitrogens is 2. The quantitative estimate of drug-likeness (QED) is 0.529. The molecule has 2 heterocycles. The van der Waals surface area contributed by atoms with E-state index in [9.17, 15) is 4.79 Å². The number of fused-ring (bicyclic) bond motifs is 2. The average molecular weight is 370 g/mol. The van der Waals surface area contributed by atoms with Gasteiger partial charge in [-0.2, -0.15) is 0 Å². The lowest BCUT2D eigenvalue weighted by Crippen LogP contribution is -2.11. The maximum absolute atomic E-state index is 12.5. The van der Waals surface area contributed by atoms with Gasteiger partial charge >= 0.3 is 0 Å². The van der Waals surface area contributed by atoms with Crippen LogP contribution in [0.25, 0.3) is 21.1 Å². The molecule has 0 radical (unpaired) electrons. The fraction of sp³-hybridized carbons (Fsp3) is 0.0556. The Bertz CT molecular complexity index is 1110. The molecule has 0 aliphatic rings. The van der Waals surface area contributed by atoms with Gasteiger partial charge in [0.25, 0.3) is 5.91 Å². The number of methoxy groups -OCH3 is 1. The molecule has 124 valence electrons. The van der Waals surface area contributed by atoms with Crippen LogP contribution < -0.4 is 10.1 Å². The molecular weight excluding hydrogens is 358 g/mol. The van der Waals surface area contributed by atoms with E-state index in [0.29, 0.717) is 15.8 Å². The SMILES string of the molecule is COc1ccc2nc(NC(=O)c3ccc4nc(Cl)ccc4c3)sc2c1. The van der Waals surface area contributed by atoms with Crippen molar-refractivity contribution in [3.8, 4) is 5.75 Å². The molecule has 4 rings (SSSR count). The number of ether oxygens (including phenoxy) is 1. The lowest BCUT2D eigenvalue weighted by atomic mass is 10.1. The van der Waals surface area contributed by atoms with E-state index >= 15 is 0 Å². The van der Waals surface area contributed by atoms with Crippen LogP contribution in [0.15, 0.2) is 48.5 Å². The largest absolute Gasteiger partial charge is 0.497 e. The van der Waals surface area contributed by atoms with Crippen molar-refractivity contribution >= 4 is 55.1 Å². The Morgan fingerprint density at radius 1 is 1.08 bits per heavy atom. The van der Waals surface area contributed by atoms with Crippen molar-refractivity contribution < 1.29 is 9.53 Å². The van der Waals surface area contributed by atoms with Gasteiger partial charge in [-0.1, -0.05) is 22.9 Å². The molecule has 2 aromatic heterocycles. The summed E-state index contributed by atoms with van der Waals surface area (Å²) >= 11 is 7.28. The minimum absolute atomic E-state index is 0.220. The van der Waals surface area contributed by atoms with Crippen LogP contribution in [0.2, 0.25) is 5.15 Å². The Morgan fingerprint density at radius 2 is 1.92 bits per heavy atom. The maximum atomic E-state index is 12.5. The first-order valence-corrected chi connectivity index (χ1v) is 8.64. The molecule has 0 saturated heterocycles. The zero-order valence-electron chi connectivity index (χ0n) is 13.1. The Labute approximate surface area is 152 Å². The summed E-state index contributed by atoms with van der Waals surface area (Å²) in [5.41, 5.74) is 2.10. The van der Waals surface area contributed by atoms with E-state index in [1.54, 1.807) is 31.4 Å². The number of hydrogen-bond acceptors (Lipinski definition) is 5. The minimum Gasteiger partial charge on any atom is -0.497 e. The second-order valence-electron chi connectivity index (χ2n) is 5.35. The molecule has 4 aromatic rings. The number of carbonyl (C=O) groups excluding carboxylic acids is 1. The maximum Gasteiger partial charge on any atom is 0.257 e. The van der Waals surface area contributed by atoms with E-state index in [1.807, 2.05) is 24.3 Å². The van der Waals surface area contributed by atoms with Gasteiger partial charge in [-0.25, -0.2) is 9.97 Å². The third kappa shape index (κ3) is 3.14. The predicted molar refractivity (Wildman–Crippen MR) is 101 cm³/mol. The zero-order valence-corrected chi connectivity index (χ0v) is 14.7. The molecule has 0 bridgehead atoms. The van der Waals surface area contributed by atoms with Crippen molar-refractivity contribution in [3.63, 3.8) is 0 Å². The summed E-state index contributed by atoms with van der Waals surface area (Å²) in [5, 5.41) is 4.66. The number of hydrogen-bond donors (Lipinski definition) is 1. The van der Waals surface area contributed by atoms with Gasteiger partial charge in [-0.3, -0.25) is 10.1 Å². The number of halogens is 1. The topological polar surface area (TPSA) is 64.1 Å². The monoisotopic (exact) mass is 369 g/mol. The highest BCUT2D eigenvalue weighted by molar-refractivity contribution is 7.22. The molecule has 0 saturated carbocycles. The van der Waals surface area contributed by atoms with Crippen LogP contribution in [0, 0.1) is 0 Å². The molecule has 0 aliphatic heterocycles. The fourth-order valence-electron chi connectivity index (χ4n) is 2.50. The Hall–Kier alpha value is -2.70. The molecule has 0 unspecified atom stereocenters. The second kappa shape index (κ2) is 6.31. The number of anilines is 1. The number of carbonyl (C=O) groups is 1. The summed E-state index contributed by atoms with van der Waals surface area (Å²) in [4.78, 5) is 21.2. The average Bonchev–Trinajstić information content (AvgIpc) is 3.02. The van der Waals surface area contributed by atoms with Gasteiger partial charge in [0.15, 0.2) is 5.13 Å². The first kappa shape index (κ1) is 15.8. The number of nitrogens with one attached hydrogen (secondary N) is 1. The molecule has 2 aromatic carbocycles. The summed E-state index contributed by atoms with van der Waals surface area (Å²) in [6, 6.07) is 14.4. The number of amides is 1. The molecule has 0 fully saturated rings. The van der Waals surface area contributed by atoms with E-state index in [1.165, 1.54) is 11.3 Å². The molecule has 25 heavy (non-hydrogen) atoms. The molecule has 0 atom stereocenters. The van der Waals surface area contributed by atoms with E-state index in [2.05, 4.69) is 15.3 Å². The highest BCUT2D eigenvalue weighted by atomic mass is 35.5. The van der Waals surface area contributed by atoms with Gasteiger partial charge in [-0.15, -0.1) is 0 Å². The van der Waals surface area contributed by atoms with Gasteiger partial charge in [0.05, 0.1) is 22.8 Å². The Morgan fingerprint density at radius 3 is 2.76 bits per heavy atom. The van der Waals surface area contributed by atoms with Crippen molar-refractivity contribution in [1.29, 1.82) is 0 Å². The van der Waals surface area contributed by atoms with Crippen molar-refractivity contribution in [1.82, 2.24) is 9.97 Å². The van der Waals surface area contributed by atoms with Crippen molar-refractivity contribution in [3.05, 3.63) is 59.2 Å². The first-order chi connectivity index (χ1) is 12.1. The van der Waals surface area contributed by atoms with Crippen LogP contribution >= 0.6 is 22.9 Å². The molecular formula is C18H12ClN3O2S. The summed E-state index contributed by atoms with van der Waals surface area (Å²) in [6.45, 7) is 0. The van der Waals surface area contributed by atoms with Gasteiger partial charge in [0, 0.05) is 10.9 Å². The minimum atomic E-state index is -0.220. The summed E-state index contributed by atoms with van der Waals surface area (Å²) in [6.07, 6.45) is 0. The van der Waals surface area contributed by atoms with E-state index < -0.39 is 0 Å². The van der Waals surface area contributed by atoms with Crippen LogP contribution in [0.5, 0.6) is 5.75 Å². The number of rotatable bonds is 3. The summed E-state index contributed by atoms with van der Waals surface area (Å²) in [5.74, 6) is 0.539. The van der Waals surface area contributed by atoms with Crippen molar-refractivity contribution in [2.75, 3.05) is 12.4 Å². The van der Waals surface area contributed by atoms with Crippen LogP contribution in [0.4, 0.5) is 5.13 Å². The molecule has 0 aliphatic carbocycles. The lowest BCUT2D eigenvalue weighted by molar-refractivity contribution is 0.102. The second-order valence-corrected chi connectivity index (χ2v) is 6.77. The van der Waals surface area contributed by atoms with Gasteiger partial charge < -0.3 is 4.74 Å². The highest BCUT2D eigenvalue weighted by Gasteiger charge is 2.11. The van der Waals surface area contributed by atoms with Crippen LogP contribution in [-0.4, -0.2) is 23.0 Å². The summed E-state index contributed by atoms with van der Waals surface area (Å²) in [7, 11) is 1.62. The normalized spacial score (nSPS) is 11.0. The van der Waals surface area contributed by atoms with E-state index in [4.69, 9.17) is 16.3 Å². The van der Waals surface area contributed by atoms with Gasteiger partial charge in [-0.05, 0) is 48.5 Å². The van der Waals surface area contributed by atoms with E-state index in [-0.39, 0.29) is 5.91 Å². The zero-order chi connectivity index (χ0) is 17.4. The fourth-order valence-corrected chi connectivity index (χ4v) is 3.54. The summed E-state index contributed by atoms with van der Waals surface area (Å²) < 4.78 is 6.16. The number of pyridine rings is 1. The Kier molecular flexibility index (Phi) is 3.99. The van der Waals surface area contributed by atoms with Crippen LogP contribution in [0.3, 0.4) is 0 Å². The number of thiazole rings is 1. The Balaban J connectivity index is 1.62. The smallest absolute Gasteiger partial charge is 0.257 e. The molecule has 1 N–H and O–H groups in total. The van der Waals surface area contributed by atoms with E-state index in [0.717, 1.165) is 26.9 Å². The van der Waals surface area contributed by atoms with Crippen molar-refractivity contribution in [2.24, 2.45) is 0 Å². The van der Waals surface area contributed by atoms with Crippen LogP contribution in [0.1, 0.15) is 10.4 Å². The number of benzene rings is 2. The first-order valence-electron chi connectivity index (χ1n) is 7.44. The molecule has 1 amide bonds. The molecule has 7 heteroatoms. The van der Waals surface area contributed by atoms with Crippen LogP contribution in [-0.2, 0) is 0 Å². The predicted octanol–water partition coefficient (Wildman–Crippen LogP) is 4.76. The lowest BCUT2D eigenvalue weighted by Gasteiger charge is -2.03. The van der Waals surface area contributed by atoms with Crippen molar-refractivity contribution in [2.45, 2.75) is 0 Å². The molecule has 0 spiro atoms.